The molecule has 1 amide bonds. The van der Waals surface area contributed by atoms with Crippen LogP contribution in [0.15, 0.2) is 0 Å². The average Bonchev–Trinajstić information content (AvgIpc) is 2.85. The lowest BCUT2D eigenvalue weighted by atomic mass is 10.3. The van der Waals surface area contributed by atoms with E-state index in [1.807, 2.05) is 4.90 Å². The molecule has 1 rings (SSSR count). The van der Waals surface area contributed by atoms with Crippen molar-refractivity contribution >= 4 is 5.91 Å². The van der Waals surface area contributed by atoms with E-state index in [9.17, 15) is 4.79 Å². The van der Waals surface area contributed by atoms with Gasteiger partial charge in [0.2, 0.25) is 5.91 Å². The molecule has 0 spiro atoms. The van der Waals surface area contributed by atoms with E-state index >= 15 is 0 Å². The van der Waals surface area contributed by atoms with Crippen molar-refractivity contribution in [3.63, 3.8) is 0 Å². The van der Waals surface area contributed by atoms with E-state index in [1.165, 1.54) is 0 Å². The average molecular weight is 170 g/mol. The fourth-order valence-corrected chi connectivity index (χ4v) is 1.33. The highest BCUT2D eigenvalue weighted by molar-refractivity contribution is 5.84. The summed E-state index contributed by atoms with van der Waals surface area (Å²) in [6, 6.07) is 0.142. The van der Waals surface area contributed by atoms with Crippen molar-refractivity contribution in [3.05, 3.63) is 0 Å². The van der Waals surface area contributed by atoms with Crippen molar-refractivity contribution in [2.24, 2.45) is 0 Å². The SMILES string of the molecule is CCCN(CCC)C(=O)C1CN1. The Morgan fingerprint density at radius 2 is 1.92 bits per heavy atom. The maximum Gasteiger partial charge on any atom is 0.241 e. The lowest BCUT2D eigenvalue weighted by Crippen LogP contribution is -2.36. The zero-order valence-electron chi connectivity index (χ0n) is 7.97. The number of nitrogens with zero attached hydrogens (tertiary/aromatic N) is 1. The summed E-state index contributed by atoms with van der Waals surface area (Å²) < 4.78 is 0. The second kappa shape index (κ2) is 4.45. The number of hydrogen-bond acceptors (Lipinski definition) is 2. The van der Waals surface area contributed by atoms with Crippen LogP contribution in [0, 0.1) is 0 Å². The Kier molecular flexibility index (Phi) is 3.53. The van der Waals surface area contributed by atoms with Crippen LogP contribution in [-0.4, -0.2) is 36.5 Å². The van der Waals surface area contributed by atoms with Gasteiger partial charge in [0.1, 0.15) is 0 Å². The van der Waals surface area contributed by atoms with Crippen molar-refractivity contribution in [2.45, 2.75) is 32.7 Å². The van der Waals surface area contributed by atoms with Crippen molar-refractivity contribution in [2.75, 3.05) is 19.6 Å². The van der Waals surface area contributed by atoms with Gasteiger partial charge in [0, 0.05) is 19.6 Å². The van der Waals surface area contributed by atoms with Crippen LogP contribution in [0.4, 0.5) is 0 Å². The smallest absolute Gasteiger partial charge is 0.241 e. The number of hydrogen-bond donors (Lipinski definition) is 1. The molecule has 3 heteroatoms. The van der Waals surface area contributed by atoms with Crippen molar-refractivity contribution in [1.82, 2.24) is 10.2 Å². The number of carbonyl (C=O) groups excluding carboxylic acids is 1. The minimum absolute atomic E-state index is 0.142. The van der Waals surface area contributed by atoms with E-state index < -0.39 is 0 Å². The first-order valence-corrected chi connectivity index (χ1v) is 4.81. The van der Waals surface area contributed by atoms with E-state index in [4.69, 9.17) is 0 Å². The van der Waals surface area contributed by atoms with Crippen LogP contribution in [0.2, 0.25) is 0 Å². The first kappa shape index (κ1) is 9.52. The monoisotopic (exact) mass is 170 g/mol. The van der Waals surface area contributed by atoms with Crippen LogP contribution >= 0.6 is 0 Å². The van der Waals surface area contributed by atoms with Crippen molar-refractivity contribution in [1.29, 1.82) is 0 Å². The third-order valence-electron chi connectivity index (χ3n) is 2.01. The van der Waals surface area contributed by atoms with Gasteiger partial charge in [-0.3, -0.25) is 4.79 Å². The summed E-state index contributed by atoms with van der Waals surface area (Å²) in [7, 11) is 0. The van der Waals surface area contributed by atoms with Crippen LogP contribution in [0.25, 0.3) is 0 Å². The number of rotatable bonds is 5. The van der Waals surface area contributed by atoms with Gasteiger partial charge >= 0.3 is 0 Å². The number of nitrogens with one attached hydrogen (secondary N) is 1. The Hall–Kier alpha value is -0.570. The molecular formula is C9H18N2O. The molecule has 1 unspecified atom stereocenters. The Bertz CT molecular complexity index is 149. The molecule has 1 heterocycles. The second-order valence-electron chi connectivity index (χ2n) is 3.29. The molecule has 3 nitrogen and oxygen atoms in total. The summed E-state index contributed by atoms with van der Waals surface area (Å²) in [6.07, 6.45) is 2.11. The summed E-state index contributed by atoms with van der Waals surface area (Å²) in [6.45, 7) is 6.91. The van der Waals surface area contributed by atoms with Crippen LogP contribution in [0.5, 0.6) is 0 Å². The van der Waals surface area contributed by atoms with Gasteiger partial charge in [-0.15, -0.1) is 0 Å². The molecule has 1 saturated heterocycles. The normalized spacial score (nSPS) is 20.7. The summed E-state index contributed by atoms with van der Waals surface area (Å²) in [5, 5.41) is 3.04. The zero-order chi connectivity index (χ0) is 8.97. The number of carbonyl (C=O) groups is 1. The van der Waals surface area contributed by atoms with E-state index in [1.54, 1.807) is 0 Å². The molecule has 70 valence electrons. The van der Waals surface area contributed by atoms with Crippen LogP contribution < -0.4 is 5.32 Å². The van der Waals surface area contributed by atoms with Crippen molar-refractivity contribution in [3.8, 4) is 0 Å². The van der Waals surface area contributed by atoms with Gasteiger partial charge in [-0.25, -0.2) is 0 Å². The molecule has 1 aliphatic rings. The molecule has 0 bridgehead atoms. The molecule has 12 heavy (non-hydrogen) atoms. The first-order chi connectivity index (χ1) is 5.79. The van der Waals surface area contributed by atoms with Gasteiger partial charge in [0.15, 0.2) is 0 Å². The molecular weight excluding hydrogens is 152 g/mol. The van der Waals surface area contributed by atoms with E-state index in [0.717, 1.165) is 32.5 Å². The molecule has 0 aromatic carbocycles. The highest BCUT2D eigenvalue weighted by Crippen LogP contribution is 2.05. The first-order valence-electron chi connectivity index (χ1n) is 4.81. The third-order valence-corrected chi connectivity index (χ3v) is 2.01. The molecule has 0 aromatic rings. The van der Waals surface area contributed by atoms with Gasteiger partial charge in [0.05, 0.1) is 6.04 Å². The molecule has 1 aliphatic heterocycles. The van der Waals surface area contributed by atoms with Crippen LogP contribution in [0.1, 0.15) is 26.7 Å². The molecule has 1 atom stereocenters. The fraction of sp³-hybridized carbons (Fsp3) is 0.889. The highest BCUT2D eigenvalue weighted by atomic mass is 16.2. The molecule has 1 fully saturated rings. The van der Waals surface area contributed by atoms with E-state index in [2.05, 4.69) is 19.2 Å². The van der Waals surface area contributed by atoms with Gasteiger partial charge in [0.25, 0.3) is 0 Å². The Morgan fingerprint density at radius 1 is 1.42 bits per heavy atom. The van der Waals surface area contributed by atoms with Crippen molar-refractivity contribution < 1.29 is 4.79 Å². The topological polar surface area (TPSA) is 42.2 Å². The van der Waals surface area contributed by atoms with Gasteiger partial charge in [-0.05, 0) is 12.8 Å². The fourth-order valence-electron chi connectivity index (χ4n) is 1.33. The summed E-state index contributed by atoms with van der Waals surface area (Å²) in [5.74, 6) is 0.290. The van der Waals surface area contributed by atoms with E-state index in [-0.39, 0.29) is 6.04 Å². The molecule has 0 saturated carbocycles. The Balaban J connectivity index is 2.33. The Morgan fingerprint density at radius 3 is 2.25 bits per heavy atom. The van der Waals surface area contributed by atoms with Crippen LogP contribution in [-0.2, 0) is 4.79 Å². The second-order valence-corrected chi connectivity index (χ2v) is 3.29. The summed E-state index contributed by atoms with van der Waals surface area (Å²) >= 11 is 0. The van der Waals surface area contributed by atoms with Gasteiger partial charge in [-0.1, -0.05) is 13.8 Å². The molecule has 1 N–H and O–H groups in total. The Labute approximate surface area is 74.1 Å². The predicted octanol–water partition coefficient (Wildman–Crippen LogP) is 0.607. The van der Waals surface area contributed by atoms with Gasteiger partial charge < -0.3 is 10.2 Å². The molecule has 0 aliphatic carbocycles. The lowest BCUT2D eigenvalue weighted by molar-refractivity contribution is -0.130. The summed E-state index contributed by atoms with van der Waals surface area (Å²) in [4.78, 5) is 13.5. The maximum atomic E-state index is 11.5. The largest absolute Gasteiger partial charge is 0.341 e. The minimum atomic E-state index is 0.142. The predicted molar refractivity (Wildman–Crippen MR) is 49.0 cm³/mol. The highest BCUT2D eigenvalue weighted by Gasteiger charge is 2.31. The quantitative estimate of drug-likeness (QED) is 0.614. The third kappa shape index (κ3) is 2.48. The molecule has 0 aromatic heterocycles. The zero-order valence-corrected chi connectivity index (χ0v) is 7.97. The number of amides is 1. The van der Waals surface area contributed by atoms with Gasteiger partial charge in [-0.2, -0.15) is 0 Å². The maximum absolute atomic E-state index is 11.5. The minimum Gasteiger partial charge on any atom is -0.341 e. The standard InChI is InChI=1S/C9H18N2O/c1-3-5-11(6-4-2)9(12)8-7-10-8/h8,10H,3-7H2,1-2H3. The molecule has 0 radical (unpaired) electrons. The lowest BCUT2D eigenvalue weighted by Gasteiger charge is -2.20. The van der Waals surface area contributed by atoms with E-state index in [0.29, 0.717) is 5.91 Å². The summed E-state index contributed by atoms with van der Waals surface area (Å²) in [5.41, 5.74) is 0. The van der Waals surface area contributed by atoms with Crippen LogP contribution in [0.3, 0.4) is 0 Å².